The Morgan fingerprint density at radius 2 is 1.68 bits per heavy atom. The van der Waals surface area contributed by atoms with Crippen molar-refractivity contribution in [1.82, 2.24) is 5.43 Å². The van der Waals surface area contributed by atoms with Crippen molar-refractivity contribution in [2.45, 2.75) is 6.92 Å². The van der Waals surface area contributed by atoms with E-state index in [2.05, 4.69) is 21.2 Å². The number of anilines is 2. The molecule has 12 heteroatoms. The average molecular weight is 564 g/mol. The van der Waals surface area contributed by atoms with Gasteiger partial charge in [-0.1, -0.05) is 46.9 Å². The predicted octanol–water partition coefficient (Wildman–Crippen LogP) is 5.15. The summed E-state index contributed by atoms with van der Waals surface area (Å²) in [4.78, 5) is 36.3. The Hall–Kier alpha value is -3.79. The first-order valence-corrected chi connectivity index (χ1v) is 11.9. The SMILES string of the molecule is CCOc1cc(/C=N\NC(=O)C(=O)Nc2cccc(Cl)c2)ccc1OCC(=O)Nc1cccc(Cl)c1Cl. The molecule has 0 aliphatic carbocycles. The van der Waals surface area contributed by atoms with Crippen LogP contribution in [0.15, 0.2) is 65.8 Å². The molecule has 3 aromatic carbocycles. The topological polar surface area (TPSA) is 118 Å². The van der Waals surface area contributed by atoms with Gasteiger partial charge >= 0.3 is 11.8 Å². The van der Waals surface area contributed by atoms with Crippen molar-refractivity contribution in [2.75, 3.05) is 23.8 Å². The lowest BCUT2D eigenvalue weighted by Gasteiger charge is -2.13. The van der Waals surface area contributed by atoms with Gasteiger partial charge in [-0.3, -0.25) is 14.4 Å². The van der Waals surface area contributed by atoms with Gasteiger partial charge in [0.15, 0.2) is 18.1 Å². The molecule has 0 bridgehead atoms. The summed E-state index contributed by atoms with van der Waals surface area (Å²) in [7, 11) is 0. The van der Waals surface area contributed by atoms with Gasteiger partial charge in [0.2, 0.25) is 0 Å². The molecule has 0 aliphatic rings. The molecule has 0 fully saturated rings. The highest BCUT2D eigenvalue weighted by atomic mass is 35.5. The molecule has 37 heavy (non-hydrogen) atoms. The number of carbonyl (C=O) groups is 3. The standard InChI is InChI=1S/C25H21Cl3N4O5/c1-2-36-21-11-15(13-29-32-25(35)24(34)30-17-6-3-5-16(26)12-17)9-10-20(21)37-14-22(33)31-19-8-4-7-18(27)23(19)28/h3-13H,2,14H2,1H3,(H,30,34)(H,31,33)(H,32,35)/b29-13-. The van der Waals surface area contributed by atoms with Gasteiger partial charge in [-0.05, 0) is 61.0 Å². The number of hydrazone groups is 1. The summed E-state index contributed by atoms with van der Waals surface area (Å²) in [5, 5.41) is 9.80. The summed E-state index contributed by atoms with van der Waals surface area (Å²) in [6.07, 6.45) is 1.32. The third-order valence-corrected chi connectivity index (χ3v) is 5.57. The zero-order valence-electron chi connectivity index (χ0n) is 19.4. The lowest BCUT2D eigenvalue weighted by atomic mass is 10.2. The highest BCUT2D eigenvalue weighted by Crippen LogP contribution is 2.30. The molecule has 0 atom stereocenters. The molecule has 3 rings (SSSR count). The van der Waals surface area contributed by atoms with Crippen molar-refractivity contribution < 1.29 is 23.9 Å². The first kappa shape index (κ1) is 27.8. The number of ether oxygens (including phenoxy) is 2. The van der Waals surface area contributed by atoms with Gasteiger partial charge in [0.05, 0.1) is 28.6 Å². The van der Waals surface area contributed by atoms with E-state index in [1.807, 2.05) is 0 Å². The molecule has 0 aromatic heterocycles. The zero-order chi connectivity index (χ0) is 26.8. The fraction of sp³-hybridized carbons (Fsp3) is 0.120. The predicted molar refractivity (Wildman–Crippen MR) is 144 cm³/mol. The molecule has 0 saturated heterocycles. The van der Waals surface area contributed by atoms with Gasteiger partial charge in [0.1, 0.15) is 0 Å². The van der Waals surface area contributed by atoms with E-state index in [4.69, 9.17) is 44.3 Å². The molecule has 3 N–H and O–H groups in total. The van der Waals surface area contributed by atoms with Crippen molar-refractivity contribution >= 4 is 70.1 Å². The van der Waals surface area contributed by atoms with Crippen molar-refractivity contribution in [2.24, 2.45) is 5.10 Å². The number of hydrogen-bond donors (Lipinski definition) is 3. The van der Waals surface area contributed by atoms with Crippen LogP contribution >= 0.6 is 34.8 Å². The molecule has 0 radical (unpaired) electrons. The number of hydrogen-bond acceptors (Lipinski definition) is 6. The third-order valence-electron chi connectivity index (χ3n) is 4.52. The van der Waals surface area contributed by atoms with Gasteiger partial charge in [-0.25, -0.2) is 5.43 Å². The molecule has 0 unspecified atom stereocenters. The van der Waals surface area contributed by atoms with E-state index < -0.39 is 17.7 Å². The van der Waals surface area contributed by atoms with Crippen LogP contribution in [0.1, 0.15) is 12.5 Å². The minimum atomic E-state index is -0.966. The van der Waals surface area contributed by atoms with Gasteiger partial charge in [-0.15, -0.1) is 0 Å². The van der Waals surface area contributed by atoms with E-state index in [0.717, 1.165) is 0 Å². The highest BCUT2D eigenvalue weighted by Gasteiger charge is 2.14. The Labute approximate surface area is 227 Å². The number of carbonyl (C=O) groups excluding carboxylic acids is 3. The number of nitrogens with zero attached hydrogens (tertiary/aromatic N) is 1. The first-order chi connectivity index (χ1) is 17.8. The van der Waals surface area contributed by atoms with Crippen LogP contribution in [0.4, 0.5) is 11.4 Å². The molecular formula is C25H21Cl3N4O5. The molecule has 192 valence electrons. The second kappa shape index (κ2) is 13.5. The number of rotatable bonds is 9. The lowest BCUT2D eigenvalue weighted by Crippen LogP contribution is -2.32. The van der Waals surface area contributed by atoms with Crippen LogP contribution in [0.5, 0.6) is 11.5 Å². The van der Waals surface area contributed by atoms with Crippen LogP contribution in [0.25, 0.3) is 0 Å². The summed E-state index contributed by atoms with van der Waals surface area (Å²) < 4.78 is 11.2. The fourth-order valence-electron chi connectivity index (χ4n) is 2.89. The number of amides is 3. The number of halogens is 3. The molecule has 9 nitrogen and oxygen atoms in total. The van der Waals surface area contributed by atoms with Crippen LogP contribution in [0.3, 0.4) is 0 Å². The quantitative estimate of drug-likeness (QED) is 0.189. The van der Waals surface area contributed by atoms with Gasteiger partial charge in [-0.2, -0.15) is 5.10 Å². The van der Waals surface area contributed by atoms with Crippen molar-refractivity contribution in [3.05, 3.63) is 81.3 Å². The van der Waals surface area contributed by atoms with Crippen molar-refractivity contribution in [1.29, 1.82) is 0 Å². The van der Waals surface area contributed by atoms with E-state index in [-0.39, 0.29) is 11.6 Å². The number of benzene rings is 3. The summed E-state index contributed by atoms with van der Waals surface area (Å²) in [6, 6.07) is 16.1. The summed E-state index contributed by atoms with van der Waals surface area (Å²) in [6.45, 7) is 1.81. The lowest BCUT2D eigenvalue weighted by molar-refractivity contribution is -0.136. The molecule has 0 spiro atoms. The monoisotopic (exact) mass is 562 g/mol. The smallest absolute Gasteiger partial charge is 0.329 e. The normalized spacial score (nSPS) is 10.6. The van der Waals surface area contributed by atoms with Crippen LogP contribution < -0.4 is 25.5 Å². The molecule has 3 amide bonds. The minimum Gasteiger partial charge on any atom is -0.490 e. The van der Waals surface area contributed by atoms with Crippen LogP contribution in [0.2, 0.25) is 15.1 Å². The van der Waals surface area contributed by atoms with E-state index in [9.17, 15) is 14.4 Å². The fourth-order valence-corrected chi connectivity index (χ4v) is 3.43. The Bertz CT molecular complexity index is 1330. The zero-order valence-corrected chi connectivity index (χ0v) is 21.7. The van der Waals surface area contributed by atoms with E-state index >= 15 is 0 Å². The Morgan fingerprint density at radius 1 is 0.892 bits per heavy atom. The van der Waals surface area contributed by atoms with Crippen molar-refractivity contribution in [3.8, 4) is 11.5 Å². The van der Waals surface area contributed by atoms with Gasteiger partial charge in [0, 0.05) is 10.7 Å². The van der Waals surface area contributed by atoms with Gasteiger partial charge < -0.3 is 20.1 Å². The third kappa shape index (κ3) is 8.38. The Balaban J connectivity index is 1.57. The average Bonchev–Trinajstić information content (AvgIpc) is 2.86. The van der Waals surface area contributed by atoms with E-state index in [1.165, 1.54) is 12.3 Å². The largest absolute Gasteiger partial charge is 0.490 e. The summed E-state index contributed by atoms with van der Waals surface area (Å²) in [5.41, 5.74) is 3.42. The van der Waals surface area contributed by atoms with E-state index in [1.54, 1.807) is 61.5 Å². The second-order valence-electron chi connectivity index (χ2n) is 7.24. The molecule has 0 heterocycles. The molecular weight excluding hydrogens is 543 g/mol. The number of nitrogens with one attached hydrogen (secondary N) is 3. The Morgan fingerprint density at radius 3 is 2.43 bits per heavy atom. The first-order valence-electron chi connectivity index (χ1n) is 10.8. The molecule has 3 aromatic rings. The summed E-state index contributed by atoms with van der Waals surface area (Å²) >= 11 is 17.9. The maximum Gasteiger partial charge on any atom is 0.329 e. The second-order valence-corrected chi connectivity index (χ2v) is 8.46. The van der Waals surface area contributed by atoms with Gasteiger partial charge in [0.25, 0.3) is 5.91 Å². The highest BCUT2D eigenvalue weighted by molar-refractivity contribution is 6.44. The Kier molecular flexibility index (Phi) is 10.1. The van der Waals surface area contributed by atoms with Crippen LogP contribution in [-0.2, 0) is 14.4 Å². The van der Waals surface area contributed by atoms with E-state index in [0.29, 0.717) is 45.1 Å². The van der Waals surface area contributed by atoms with Crippen LogP contribution in [0, 0.1) is 0 Å². The molecule has 0 aliphatic heterocycles. The maximum absolute atomic E-state index is 12.3. The maximum atomic E-state index is 12.3. The summed E-state index contributed by atoms with van der Waals surface area (Å²) in [5.74, 6) is -1.65. The minimum absolute atomic E-state index is 0.227. The molecule has 0 saturated carbocycles. The van der Waals surface area contributed by atoms with Crippen molar-refractivity contribution in [3.63, 3.8) is 0 Å². The van der Waals surface area contributed by atoms with Crippen LogP contribution in [-0.4, -0.2) is 37.1 Å².